The van der Waals surface area contributed by atoms with Crippen LogP contribution in [-0.4, -0.2) is 36.7 Å². The third-order valence-electron chi connectivity index (χ3n) is 6.20. The molecule has 0 unspecified atom stereocenters. The maximum atomic E-state index is 13.4. The number of amides is 2. The lowest BCUT2D eigenvalue weighted by molar-refractivity contribution is -0.390. The second-order valence-corrected chi connectivity index (χ2v) is 10.2. The van der Waals surface area contributed by atoms with Gasteiger partial charge in [0.05, 0.1) is 27.0 Å². The number of hydrogen-bond donors (Lipinski definition) is 1. The highest BCUT2D eigenvalue weighted by Crippen LogP contribution is 2.41. The molecule has 0 bridgehead atoms. The lowest BCUT2D eigenvalue weighted by Gasteiger charge is -2.27. The molecule has 4 aromatic carbocycles. The number of ether oxygens (including phenoxy) is 1. The largest absolute Gasteiger partial charge is 0.494 e. The van der Waals surface area contributed by atoms with E-state index in [4.69, 9.17) is 4.74 Å². The molecule has 14 heteroatoms. The number of rotatable bonds is 8. The maximum Gasteiger partial charge on any atom is 0.284 e. The number of carbonyl (C=O) groups is 2. The number of nitrogens with one attached hydrogen (secondary N) is 1. The summed E-state index contributed by atoms with van der Waals surface area (Å²) in [6.07, 6.45) is 0. The van der Waals surface area contributed by atoms with E-state index in [1.807, 2.05) is 6.92 Å². The van der Waals surface area contributed by atoms with Crippen LogP contribution < -0.4 is 14.4 Å². The van der Waals surface area contributed by atoms with Gasteiger partial charge in [-0.1, -0.05) is 0 Å². The zero-order valence-electron chi connectivity index (χ0n) is 20.6. The summed E-state index contributed by atoms with van der Waals surface area (Å²) in [4.78, 5) is 49.0. The number of anilines is 2. The van der Waals surface area contributed by atoms with Crippen LogP contribution in [0.3, 0.4) is 0 Å². The molecule has 0 fully saturated rings. The molecular formula is C26H18N4O9S. The van der Waals surface area contributed by atoms with Crippen molar-refractivity contribution in [2.45, 2.75) is 11.8 Å². The number of nitrogens with zero attached hydrogens (tertiary/aromatic N) is 3. The molecule has 0 saturated carbocycles. The zero-order valence-corrected chi connectivity index (χ0v) is 21.4. The summed E-state index contributed by atoms with van der Waals surface area (Å²) >= 11 is 0. The molecular weight excluding hydrogens is 544 g/mol. The van der Waals surface area contributed by atoms with E-state index in [9.17, 15) is 38.2 Å². The van der Waals surface area contributed by atoms with E-state index >= 15 is 0 Å². The molecule has 1 aliphatic rings. The second kappa shape index (κ2) is 9.74. The fourth-order valence-electron chi connectivity index (χ4n) is 4.46. The number of carbonyl (C=O) groups excluding carboxylic acids is 2. The molecule has 0 spiro atoms. The van der Waals surface area contributed by atoms with Crippen LogP contribution in [-0.2, 0) is 10.0 Å². The number of nitro groups is 2. The first-order valence-corrected chi connectivity index (χ1v) is 13.1. The van der Waals surface area contributed by atoms with Gasteiger partial charge in [0.25, 0.3) is 33.2 Å². The fraction of sp³-hybridized carbons (Fsp3) is 0.0769. The third kappa shape index (κ3) is 4.35. The van der Waals surface area contributed by atoms with Gasteiger partial charge in [0.1, 0.15) is 11.1 Å². The van der Waals surface area contributed by atoms with Crippen molar-refractivity contribution in [2.75, 3.05) is 16.2 Å². The van der Waals surface area contributed by atoms with E-state index in [0.717, 1.165) is 29.2 Å². The number of hydrogen-bond acceptors (Lipinski definition) is 9. The van der Waals surface area contributed by atoms with Crippen LogP contribution in [0.4, 0.5) is 22.7 Å². The van der Waals surface area contributed by atoms with Crippen molar-refractivity contribution in [3.63, 3.8) is 0 Å². The highest BCUT2D eigenvalue weighted by molar-refractivity contribution is 7.92. The Labute approximate surface area is 225 Å². The van der Waals surface area contributed by atoms with Gasteiger partial charge < -0.3 is 4.74 Å². The SMILES string of the molecule is CCOc1ccc(NS(=O)(=O)c2ccc(N3C(=O)c4ccc([N+](=O)[O-])c5c([N+](=O)[O-])ccc(c45)C3=O)cc2)cc1. The monoisotopic (exact) mass is 562 g/mol. The molecule has 0 aliphatic carbocycles. The van der Waals surface area contributed by atoms with E-state index in [1.54, 1.807) is 12.1 Å². The molecule has 1 heterocycles. The summed E-state index contributed by atoms with van der Waals surface area (Å²) in [5, 5.41) is 22.6. The highest BCUT2D eigenvalue weighted by atomic mass is 32.2. The molecule has 0 aromatic heterocycles. The summed E-state index contributed by atoms with van der Waals surface area (Å²) in [5.41, 5.74) is -1.19. The van der Waals surface area contributed by atoms with Gasteiger partial charge >= 0.3 is 0 Å². The van der Waals surface area contributed by atoms with E-state index < -0.39 is 48.4 Å². The number of nitro benzene ring substituents is 2. The van der Waals surface area contributed by atoms with Crippen molar-refractivity contribution in [1.29, 1.82) is 0 Å². The average molecular weight is 563 g/mol. The van der Waals surface area contributed by atoms with Crippen molar-refractivity contribution < 1.29 is 32.6 Å². The van der Waals surface area contributed by atoms with E-state index in [2.05, 4.69) is 4.72 Å². The van der Waals surface area contributed by atoms with Crippen LogP contribution in [0.25, 0.3) is 10.8 Å². The zero-order chi connectivity index (χ0) is 28.8. The summed E-state index contributed by atoms with van der Waals surface area (Å²) in [7, 11) is -4.03. The summed E-state index contributed by atoms with van der Waals surface area (Å²) in [5.74, 6) is -1.17. The van der Waals surface area contributed by atoms with E-state index in [1.165, 1.54) is 36.4 Å². The standard InChI is InChI=1S/C26H18N4O9S/c1-2-39-17-7-3-15(4-8-17)27-40(37,38)18-9-5-16(6-10-18)28-25(31)19-11-13-21(29(33)34)24-22(30(35)36)14-12-20(23(19)24)26(28)32/h3-14,27H,2H2,1H3. The molecule has 0 atom stereocenters. The number of benzene rings is 4. The second-order valence-electron chi connectivity index (χ2n) is 8.53. The Morgan fingerprint density at radius 3 is 1.77 bits per heavy atom. The molecule has 4 aromatic rings. The molecule has 0 radical (unpaired) electrons. The lowest BCUT2D eigenvalue weighted by atomic mass is 9.91. The molecule has 0 saturated heterocycles. The Balaban J connectivity index is 1.50. The summed E-state index contributed by atoms with van der Waals surface area (Å²) in [6.45, 7) is 2.28. The lowest BCUT2D eigenvalue weighted by Crippen LogP contribution is -2.40. The van der Waals surface area contributed by atoms with Crippen LogP contribution >= 0.6 is 0 Å². The van der Waals surface area contributed by atoms with Gasteiger partial charge in [-0.15, -0.1) is 0 Å². The van der Waals surface area contributed by atoms with Gasteiger partial charge in [0.15, 0.2) is 0 Å². The molecule has 40 heavy (non-hydrogen) atoms. The highest BCUT2D eigenvalue weighted by Gasteiger charge is 2.38. The molecule has 5 rings (SSSR count). The first kappa shape index (κ1) is 26.2. The van der Waals surface area contributed by atoms with Gasteiger partial charge in [-0.05, 0) is 67.6 Å². The molecule has 13 nitrogen and oxygen atoms in total. The van der Waals surface area contributed by atoms with Crippen LogP contribution in [0, 0.1) is 20.2 Å². The number of sulfonamides is 1. The van der Waals surface area contributed by atoms with Gasteiger partial charge in [-0.3, -0.25) is 34.5 Å². The molecule has 1 N–H and O–H groups in total. The minimum Gasteiger partial charge on any atom is -0.494 e. The van der Waals surface area contributed by atoms with Crippen molar-refractivity contribution in [3.8, 4) is 5.75 Å². The molecule has 2 amide bonds. The molecule has 1 aliphatic heterocycles. The molecule has 202 valence electrons. The Morgan fingerprint density at radius 1 is 0.775 bits per heavy atom. The van der Waals surface area contributed by atoms with Crippen LogP contribution in [0.5, 0.6) is 5.75 Å². The topological polar surface area (TPSA) is 179 Å². The first-order chi connectivity index (χ1) is 19.0. The van der Waals surface area contributed by atoms with Crippen LogP contribution in [0.1, 0.15) is 27.6 Å². The van der Waals surface area contributed by atoms with Crippen molar-refractivity contribution in [1.82, 2.24) is 0 Å². The van der Waals surface area contributed by atoms with Crippen LogP contribution in [0.15, 0.2) is 77.7 Å². The number of imide groups is 1. The average Bonchev–Trinajstić information content (AvgIpc) is 2.92. The predicted octanol–water partition coefficient (Wildman–Crippen LogP) is 4.66. The number of non-ortho nitro benzene ring substituents is 2. The first-order valence-electron chi connectivity index (χ1n) is 11.7. The fourth-order valence-corrected chi connectivity index (χ4v) is 5.52. The van der Waals surface area contributed by atoms with E-state index in [-0.39, 0.29) is 27.1 Å². The van der Waals surface area contributed by atoms with Crippen molar-refractivity contribution in [3.05, 3.63) is 104 Å². The van der Waals surface area contributed by atoms with E-state index in [0.29, 0.717) is 18.0 Å². The summed E-state index contributed by atoms with van der Waals surface area (Å²) in [6, 6.07) is 15.5. The maximum absolute atomic E-state index is 13.4. The van der Waals surface area contributed by atoms with Crippen molar-refractivity contribution in [2.24, 2.45) is 0 Å². The third-order valence-corrected chi connectivity index (χ3v) is 7.60. The van der Waals surface area contributed by atoms with Crippen molar-refractivity contribution >= 4 is 55.4 Å². The Kier molecular flexibility index (Phi) is 6.39. The smallest absolute Gasteiger partial charge is 0.284 e. The van der Waals surface area contributed by atoms with Gasteiger partial charge in [0, 0.05) is 34.3 Å². The predicted molar refractivity (Wildman–Crippen MR) is 143 cm³/mol. The van der Waals surface area contributed by atoms with Gasteiger partial charge in [-0.2, -0.15) is 0 Å². The minimum atomic E-state index is -4.03. The van der Waals surface area contributed by atoms with Gasteiger partial charge in [-0.25, -0.2) is 13.3 Å². The normalized spacial score (nSPS) is 12.9. The van der Waals surface area contributed by atoms with Crippen LogP contribution in [0.2, 0.25) is 0 Å². The Hall–Kier alpha value is -5.37. The van der Waals surface area contributed by atoms with Gasteiger partial charge in [0.2, 0.25) is 0 Å². The Bertz CT molecular complexity index is 1770. The summed E-state index contributed by atoms with van der Waals surface area (Å²) < 4.78 is 33.6. The minimum absolute atomic E-state index is 0.0329. The quantitative estimate of drug-likeness (QED) is 0.182. The Morgan fingerprint density at radius 2 is 1.30 bits per heavy atom.